The predicted octanol–water partition coefficient (Wildman–Crippen LogP) is 12.0. The molecule has 5 aromatic heterocycles. The minimum Gasteiger partial charge on any atom is -0.342 e. The molecule has 0 amide bonds. The number of hydrogen-bond acceptors (Lipinski definition) is 6. The van der Waals surface area contributed by atoms with Gasteiger partial charge in [-0.2, -0.15) is 0 Å². The number of fused-ring (bicyclic) bond motifs is 13. The highest BCUT2D eigenvalue weighted by atomic mass is 32.1. The van der Waals surface area contributed by atoms with Gasteiger partial charge in [0.05, 0.1) is 52.0 Å². The fourth-order valence-corrected chi connectivity index (χ4v) is 12.6. The Morgan fingerprint density at radius 3 is 1.02 bits per heavy atom. The van der Waals surface area contributed by atoms with Crippen LogP contribution in [0.4, 0.5) is 0 Å². The Bertz CT molecular complexity index is 3600. The summed E-state index contributed by atoms with van der Waals surface area (Å²) in [5.41, 5.74) is 7.95. The molecule has 7 nitrogen and oxygen atoms in total. The molecule has 0 saturated heterocycles. The molecule has 6 aromatic carbocycles. The topological polar surface area (TPSA) is 83.1 Å². The van der Waals surface area contributed by atoms with Gasteiger partial charge in [0.25, 0.3) is 0 Å². The van der Waals surface area contributed by atoms with Crippen LogP contribution in [0.15, 0.2) is 120 Å². The first-order valence-corrected chi connectivity index (χ1v) is 21.3. The highest BCUT2D eigenvalue weighted by Gasteiger charge is 2.36. The van der Waals surface area contributed by atoms with Crippen LogP contribution in [-0.4, -0.2) is 36.8 Å². The van der Waals surface area contributed by atoms with Crippen LogP contribution in [0.25, 0.3) is 96.1 Å². The van der Waals surface area contributed by atoms with E-state index >= 15 is 0 Å². The lowest BCUT2D eigenvalue weighted by molar-refractivity contribution is 0.0975. The summed E-state index contributed by atoms with van der Waals surface area (Å²) in [5, 5.41) is 8.09. The second kappa shape index (κ2) is 11.5. The molecule has 0 radical (unpaired) electrons. The molecule has 0 aliphatic heterocycles. The molecule has 2 aliphatic carbocycles. The largest absolute Gasteiger partial charge is 0.342 e. The molecular formula is C51H29N3O4S2. The van der Waals surface area contributed by atoms with Crippen molar-refractivity contribution in [2.45, 2.75) is 0 Å². The summed E-state index contributed by atoms with van der Waals surface area (Å²) in [6.45, 7) is 0. The fourth-order valence-electron chi connectivity index (χ4n) is 9.83. The zero-order valence-corrected chi connectivity index (χ0v) is 34.0. The SMILES string of the molecule is Cn1c(C=C2C(=O)c3cc4cc5ccccc5cc4cc3C2=O)cc2sc3c4sc5cc(C=C6C(=O)c7cc8cc9ccccc9cc8cc7C6=O)n(C)c5c4n(C)c3c21. The molecular weight excluding hydrogens is 783 g/mol. The number of benzene rings is 6. The Morgan fingerprint density at radius 1 is 0.383 bits per heavy atom. The summed E-state index contributed by atoms with van der Waals surface area (Å²) in [7, 11) is 6.04. The van der Waals surface area contributed by atoms with Crippen molar-refractivity contribution in [1.82, 2.24) is 13.7 Å². The summed E-state index contributed by atoms with van der Waals surface area (Å²) in [5.74, 6) is -0.989. The number of aromatic nitrogens is 3. The first-order chi connectivity index (χ1) is 29.1. The van der Waals surface area contributed by atoms with E-state index in [0.29, 0.717) is 22.3 Å². The first-order valence-electron chi connectivity index (χ1n) is 19.6. The summed E-state index contributed by atoms with van der Waals surface area (Å²) >= 11 is 3.41. The lowest BCUT2D eigenvalue weighted by atomic mass is 9.99. The normalized spacial score (nSPS) is 14.3. The third-order valence-electron chi connectivity index (χ3n) is 12.9. The number of rotatable bonds is 2. The van der Waals surface area contributed by atoms with Gasteiger partial charge in [-0.15, -0.1) is 22.7 Å². The van der Waals surface area contributed by atoms with E-state index in [4.69, 9.17) is 0 Å². The molecule has 2 aliphatic rings. The van der Waals surface area contributed by atoms with Gasteiger partial charge in [0, 0.05) is 54.8 Å². The molecule has 0 N–H and O–H groups in total. The molecule has 60 heavy (non-hydrogen) atoms. The monoisotopic (exact) mass is 811 g/mol. The van der Waals surface area contributed by atoms with Crippen molar-refractivity contribution in [3.05, 3.63) is 154 Å². The smallest absolute Gasteiger partial charge is 0.197 e. The standard InChI is InChI=1S/C51H29N3O4S2/c1-52-32(20-38-46(55)34-16-28-12-24-8-4-5-9-25(24)13-29(28)17-35(34)47(38)56)22-40-42(52)44-50(59-40)51-45(54(44)3)43-41(60-51)23-33(53(43)2)21-39-48(57)36-18-30-14-26-10-6-7-11-27(26)15-31(30)19-37(36)49(39)58/h4-23H,1-3H3. The Labute approximate surface area is 348 Å². The number of ketones is 4. The third-order valence-corrected chi connectivity index (χ3v) is 15.3. The Kier molecular flexibility index (Phi) is 6.47. The quantitative estimate of drug-likeness (QED) is 0.0989. The first kappa shape index (κ1) is 33.7. The van der Waals surface area contributed by atoms with Crippen LogP contribution in [0.2, 0.25) is 0 Å². The summed E-state index contributed by atoms with van der Waals surface area (Å²) in [4.78, 5) is 55.4. The maximum absolute atomic E-state index is 13.8. The van der Waals surface area contributed by atoms with E-state index < -0.39 is 0 Å². The van der Waals surface area contributed by atoms with Crippen LogP contribution in [0.1, 0.15) is 52.8 Å². The number of hydrogen-bond donors (Lipinski definition) is 0. The average Bonchev–Trinajstić information content (AvgIpc) is 4.09. The van der Waals surface area contributed by atoms with Crippen molar-refractivity contribution in [1.29, 1.82) is 0 Å². The molecule has 11 aromatic rings. The predicted molar refractivity (Wildman–Crippen MR) is 245 cm³/mol. The summed E-state index contributed by atoms with van der Waals surface area (Å²) in [6.07, 6.45) is 3.50. The van der Waals surface area contributed by atoms with Crippen molar-refractivity contribution in [2.75, 3.05) is 0 Å². The van der Waals surface area contributed by atoms with Gasteiger partial charge in [-0.1, -0.05) is 48.5 Å². The van der Waals surface area contributed by atoms with Crippen molar-refractivity contribution >= 4 is 142 Å². The highest BCUT2D eigenvalue weighted by Crippen LogP contribution is 2.48. The van der Waals surface area contributed by atoms with E-state index in [9.17, 15) is 19.2 Å². The number of allylic oxidation sites excluding steroid dienone is 2. The molecule has 0 bridgehead atoms. The van der Waals surface area contributed by atoms with Gasteiger partial charge >= 0.3 is 0 Å². The van der Waals surface area contributed by atoms with Gasteiger partial charge in [-0.25, -0.2) is 0 Å². The number of nitrogens with zero attached hydrogens (tertiary/aromatic N) is 3. The van der Waals surface area contributed by atoms with Crippen LogP contribution >= 0.6 is 22.7 Å². The van der Waals surface area contributed by atoms with Crippen molar-refractivity contribution in [3.8, 4) is 0 Å². The zero-order valence-electron chi connectivity index (χ0n) is 32.3. The lowest BCUT2D eigenvalue weighted by Gasteiger charge is -2.04. The Hall–Kier alpha value is -7.20. The van der Waals surface area contributed by atoms with Gasteiger partial charge in [0.15, 0.2) is 23.1 Å². The van der Waals surface area contributed by atoms with E-state index in [0.717, 1.165) is 85.9 Å². The van der Waals surface area contributed by atoms with Crippen molar-refractivity contribution in [3.63, 3.8) is 0 Å². The van der Waals surface area contributed by atoms with Gasteiger partial charge in [-0.3, -0.25) is 19.2 Å². The van der Waals surface area contributed by atoms with Crippen LogP contribution < -0.4 is 0 Å². The summed E-state index contributed by atoms with van der Waals surface area (Å²) in [6, 6.07) is 36.1. The number of thiophene rings is 2. The van der Waals surface area contributed by atoms with E-state index in [1.807, 2.05) is 62.6 Å². The van der Waals surface area contributed by atoms with E-state index in [-0.39, 0.29) is 34.3 Å². The number of carbonyl (C=O) groups is 4. The molecule has 13 rings (SSSR count). The van der Waals surface area contributed by atoms with E-state index in [1.165, 1.54) is 9.40 Å². The minimum atomic E-state index is -0.247. The van der Waals surface area contributed by atoms with Gasteiger partial charge < -0.3 is 13.7 Å². The molecule has 284 valence electrons. The average molecular weight is 812 g/mol. The molecule has 5 heterocycles. The van der Waals surface area contributed by atoms with Crippen LogP contribution in [0, 0.1) is 0 Å². The van der Waals surface area contributed by atoms with Crippen molar-refractivity contribution in [2.24, 2.45) is 21.1 Å². The Balaban J connectivity index is 0.885. The van der Waals surface area contributed by atoms with Gasteiger partial charge in [0.2, 0.25) is 0 Å². The maximum Gasteiger partial charge on any atom is 0.197 e. The minimum absolute atomic E-state index is 0.179. The second-order valence-electron chi connectivity index (χ2n) is 16.1. The third kappa shape index (κ3) is 4.32. The highest BCUT2D eigenvalue weighted by molar-refractivity contribution is 7.33. The van der Waals surface area contributed by atoms with Crippen molar-refractivity contribution < 1.29 is 19.2 Å². The lowest BCUT2D eigenvalue weighted by Crippen LogP contribution is -2.02. The van der Waals surface area contributed by atoms with Gasteiger partial charge in [-0.05, 0) is 116 Å². The molecule has 0 saturated carbocycles. The number of Topliss-reactive ketones (excluding diaryl/α,β-unsaturated/α-hetero) is 4. The maximum atomic E-state index is 13.8. The van der Waals surface area contributed by atoms with Crippen LogP contribution in [0.3, 0.4) is 0 Å². The molecule has 9 heteroatoms. The summed E-state index contributed by atoms with van der Waals surface area (Å²) < 4.78 is 10.9. The number of carbonyl (C=O) groups excluding carboxylic acids is 4. The van der Waals surface area contributed by atoms with Gasteiger partial charge in [0.1, 0.15) is 0 Å². The molecule has 0 unspecified atom stereocenters. The van der Waals surface area contributed by atoms with Crippen LogP contribution in [0.5, 0.6) is 0 Å². The molecule has 0 spiro atoms. The molecule has 0 fully saturated rings. The Morgan fingerprint density at radius 2 is 0.700 bits per heavy atom. The van der Waals surface area contributed by atoms with E-state index in [1.54, 1.807) is 34.8 Å². The molecule has 0 atom stereocenters. The fraction of sp³-hybridized carbons (Fsp3) is 0.0588. The van der Waals surface area contributed by atoms with E-state index in [2.05, 4.69) is 81.4 Å². The van der Waals surface area contributed by atoms with Crippen LogP contribution in [-0.2, 0) is 21.1 Å². The zero-order chi connectivity index (χ0) is 40.5. The number of aryl methyl sites for hydroxylation is 3. The second-order valence-corrected chi connectivity index (χ2v) is 18.2.